The standard InChI is InChI=1S/C29H38N4O7S/c1-20-10-15-24(18-25(20)33(36)37)41(38,39)30-23-13-11-22(12-14-23)27(34)32-17-16-31(28(35)40-29(2,3)4)19-26(32)21-8-6-5-7-9-21/h5-10,15,18,22-23,26,30H,11-14,16-17,19H2,1-4H3/t22?,23?,26-/m1/s1. The molecule has 41 heavy (non-hydrogen) atoms. The van der Waals surface area contributed by atoms with Crippen LogP contribution in [-0.4, -0.2) is 66.4 Å². The lowest BCUT2D eigenvalue weighted by atomic mass is 9.85. The highest BCUT2D eigenvalue weighted by Crippen LogP contribution is 2.33. The van der Waals surface area contributed by atoms with Crippen LogP contribution in [0.3, 0.4) is 0 Å². The SMILES string of the molecule is Cc1ccc(S(=O)(=O)NC2CCC(C(=O)N3CCN(C(=O)OC(C)(C)C)C[C@@H]3c3ccccc3)CC2)cc1[N+](=O)[O-]. The maximum atomic E-state index is 13.8. The minimum absolute atomic E-state index is 0.00171. The van der Waals surface area contributed by atoms with Crippen molar-refractivity contribution in [1.82, 2.24) is 14.5 Å². The molecule has 1 saturated carbocycles. The number of hydrogen-bond acceptors (Lipinski definition) is 7. The molecule has 2 fully saturated rings. The van der Waals surface area contributed by atoms with Crippen LogP contribution in [-0.2, 0) is 19.6 Å². The summed E-state index contributed by atoms with van der Waals surface area (Å²) < 4.78 is 34.2. The molecule has 2 aliphatic rings. The number of rotatable bonds is 6. The molecule has 1 N–H and O–H groups in total. The van der Waals surface area contributed by atoms with Crippen LogP contribution in [0.5, 0.6) is 0 Å². The summed E-state index contributed by atoms with van der Waals surface area (Å²) in [6.45, 7) is 8.07. The van der Waals surface area contributed by atoms with Crippen LogP contribution in [0.2, 0.25) is 0 Å². The van der Waals surface area contributed by atoms with E-state index in [1.807, 2.05) is 56.0 Å². The Bertz CT molecular complexity index is 1380. The van der Waals surface area contributed by atoms with Crippen molar-refractivity contribution in [2.45, 2.75) is 76.0 Å². The number of aryl methyl sites for hydroxylation is 1. The van der Waals surface area contributed by atoms with Crippen LogP contribution in [0.15, 0.2) is 53.4 Å². The van der Waals surface area contributed by atoms with Crippen molar-refractivity contribution < 1.29 is 27.7 Å². The number of piperazine rings is 1. The number of nitro groups is 1. The molecule has 12 heteroatoms. The fourth-order valence-corrected chi connectivity index (χ4v) is 6.76. The fourth-order valence-electron chi connectivity index (χ4n) is 5.43. The molecule has 4 rings (SSSR count). The van der Waals surface area contributed by atoms with Crippen molar-refractivity contribution in [2.75, 3.05) is 19.6 Å². The Morgan fingerprint density at radius 2 is 1.68 bits per heavy atom. The summed E-state index contributed by atoms with van der Waals surface area (Å²) >= 11 is 0. The zero-order chi connectivity index (χ0) is 29.9. The van der Waals surface area contributed by atoms with E-state index in [0.29, 0.717) is 50.9 Å². The zero-order valence-corrected chi connectivity index (χ0v) is 24.7. The van der Waals surface area contributed by atoms with Crippen LogP contribution in [0.1, 0.15) is 63.6 Å². The van der Waals surface area contributed by atoms with E-state index in [4.69, 9.17) is 4.74 Å². The smallest absolute Gasteiger partial charge is 0.410 e. The van der Waals surface area contributed by atoms with Gasteiger partial charge in [-0.2, -0.15) is 0 Å². The van der Waals surface area contributed by atoms with E-state index in [9.17, 15) is 28.1 Å². The summed E-state index contributed by atoms with van der Waals surface area (Å²) in [5.41, 5.74) is 0.444. The largest absolute Gasteiger partial charge is 0.444 e. The van der Waals surface area contributed by atoms with Gasteiger partial charge in [0.05, 0.1) is 15.9 Å². The average Bonchev–Trinajstić information content (AvgIpc) is 2.92. The van der Waals surface area contributed by atoms with Crippen molar-refractivity contribution in [1.29, 1.82) is 0 Å². The first-order valence-electron chi connectivity index (χ1n) is 13.9. The van der Waals surface area contributed by atoms with E-state index in [1.165, 1.54) is 12.1 Å². The van der Waals surface area contributed by atoms with Gasteiger partial charge >= 0.3 is 6.09 Å². The summed E-state index contributed by atoms with van der Waals surface area (Å²) in [6.07, 6.45) is 1.55. The van der Waals surface area contributed by atoms with E-state index in [2.05, 4.69) is 4.72 Å². The summed E-state index contributed by atoms with van der Waals surface area (Å²) in [5, 5.41) is 11.3. The molecule has 2 aromatic rings. The van der Waals surface area contributed by atoms with Crippen LogP contribution >= 0.6 is 0 Å². The second kappa shape index (κ2) is 12.2. The number of nitrogens with one attached hydrogen (secondary N) is 1. The molecule has 0 aromatic heterocycles. The number of sulfonamides is 1. The molecule has 1 atom stereocenters. The van der Waals surface area contributed by atoms with Crippen molar-refractivity contribution >= 4 is 27.7 Å². The van der Waals surface area contributed by atoms with Gasteiger partial charge in [0.25, 0.3) is 5.69 Å². The molecular weight excluding hydrogens is 548 g/mol. The Labute approximate surface area is 241 Å². The van der Waals surface area contributed by atoms with Crippen molar-refractivity contribution in [3.63, 3.8) is 0 Å². The van der Waals surface area contributed by atoms with Crippen molar-refractivity contribution in [3.05, 3.63) is 69.8 Å². The number of nitrogens with zero attached hydrogens (tertiary/aromatic N) is 3. The van der Waals surface area contributed by atoms with E-state index in [-0.39, 0.29) is 34.5 Å². The lowest BCUT2D eigenvalue weighted by molar-refractivity contribution is -0.385. The Morgan fingerprint density at radius 1 is 1.02 bits per heavy atom. The van der Waals surface area contributed by atoms with Crippen molar-refractivity contribution in [3.8, 4) is 0 Å². The Kier molecular flexibility index (Phi) is 9.03. The fraction of sp³-hybridized carbons (Fsp3) is 0.517. The minimum atomic E-state index is -3.96. The normalized spacial score (nSPS) is 21.8. The minimum Gasteiger partial charge on any atom is -0.444 e. The van der Waals surface area contributed by atoms with E-state index >= 15 is 0 Å². The zero-order valence-electron chi connectivity index (χ0n) is 23.9. The Hall–Kier alpha value is -3.51. The molecule has 1 heterocycles. The molecule has 0 radical (unpaired) electrons. The lowest BCUT2D eigenvalue weighted by Gasteiger charge is -2.43. The molecule has 1 aliphatic carbocycles. The monoisotopic (exact) mass is 586 g/mol. The van der Waals surface area contributed by atoms with Gasteiger partial charge in [-0.1, -0.05) is 36.4 Å². The maximum absolute atomic E-state index is 13.8. The van der Waals surface area contributed by atoms with E-state index in [1.54, 1.807) is 11.8 Å². The second-order valence-corrected chi connectivity index (χ2v) is 13.5. The number of benzene rings is 2. The van der Waals surface area contributed by atoms with Crippen molar-refractivity contribution in [2.24, 2.45) is 5.92 Å². The molecule has 222 valence electrons. The third-order valence-electron chi connectivity index (χ3n) is 7.59. The van der Waals surface area contributed by atoms with Gasteiger partial charge < -0.3 is 14.5 Å². The molecular formula is C29H38N4O7S. The number of ether oxygens (including phenoxy) is 1. The number of nitro benzene ring substituents is 1. The van der Waals surface area contributed by atoms with Crippen LogP contribution in [0.25, 0.3) is 0 Å². The number of hydrogen-bond donors (Lipinski definition) is 1. The highest BCUT2D eigenvalue weighted by atomic mass is 32.2. The van der Waals surface area contributed by atoms with Gasteiger partial charge in [0.2, 0.25) is 15.9 Å². The van der Waals surface area contributed by atoms with E-state index < -0.39 is 26.6 Å². The quantitative estimate of drug-likeness (QED) is 0.387. The second-order valence-electron chi connectivity index (χ2n) is 11.8. The van der Waals surface area contributed by atoms with Gasteiger partial charge in [0.1, 0.15) is 5.60 Å². The summed E-state index contributed by atoms with van der Waals surface area (Å²) in [4.78, 5) is 40.6. The number of carbonyl (C=O) groups is 2. The summed E-state index contributed by atoms with van der Waals surface area (Å²) in [5.74, 6) is -0.270. The van der Waals surface area contributed by atoms with Gasteiger partial charge in [-0.25, -0.2) is 17.9 Å². The third-order valence-corrected chi connectivity index (χ3v) is 9.10. The molecule has 1 aliphatic heterocycles. The molecule has 2 amide bonds. The van der Waals surface area contributed by atoms with E-state index in [0.717, 1.165) is 11.6 Å². The highest BCUT2D eigenvalue weighted by molar-refractivity contribution is 7.89. The third kappa shape index (κ3) is 7.42. The van der Waals surface area contributed by atoms with Gasteiger partial charge in [0, 0.05) is 43.2 Å². The van der Waals surface area contributed by atoms with Crippen LogP contribution < -0.4 is 4.72 Å². The average molecular weight is 587 g/mol. The van der Waals surface area contributed by atoms with Crippen LogP contribution in [0.4, 0.5) is 10.5 Å². The first kappa shape index (κ1) is 30.4. The summed E-state index contributed by atoms with van der Waals surface area (Å²) in [6, 6.07) is 12.8. The van der Waals surface area contributed by atoms with Crippen LogP contribution in [0, 0.1) is 23.0 Å². The number of carbonyl (C=O) groups excluding carboxylic acids is 2. The molecule has 0 spiro atoms. The topological polar surface area (TPSA) is 139 Å². The Balaban J connectivity index is 1.41. The number of amides is 2. The summed E-state index contributed by atoms with van der Waals surface area (Å²) in [7, 11) is -3.96. The highest BCUT2D eigenvalue weighted by Gasteiger charge is 2.39. The lowest BCUT2D eigenvalue weighted by Crippen LogP contribution is -2.54. The predicted octanol–water partition coefficient (Wildman–Crippen LogP) is 4.56. The molecule has 0 bridgehead atoms. The van der Waals surface area contributed by atoms with Gasteiger partial charge in [0.15, 0.2) is 0 Å². The van der Waals surface area contributed by atoms with Gasteiger partial charge in [-0.05, 0) is 65.0 Å². The van der Waals surface area contributed by atoms with Gasteiger partial charge in [-0.15, -0.1) is 0 Å². The predicted molar refractivity (Wildman–Crippen MR) is 153 cm³/mol. The van der Waals surface area contributed by atoms with Gasteiger partial charge in [-0.3, -0.25) is 14.9 Å². The maximum Gasteiger partial charge on any atom is 0.410 e. The first-order valence-corrected chi connectivity index (χ1v) is 15.3. The molecule has 2 aromatic carbocycles. The molecule has 1 saturated heterocycles. The first-order chi connectivity index (χ1) is 19.2. The molecule has 0 unspecified atom stereocenters. The Morgan fingerprint density at radius 3 is 2.29 bits per heavy atom. The molecule has 11 nitrogen and oxygen atoms in total.